The quantitative estimate of drug-likeness (QED) is 0.629. The summed E-state index contributed by atoms with van der Waals surface area (Å²) in [5, 5.41) is 9.93. The van der Waals surface area contributed by atoms with Gasteiger partial charge in [-0.1, -0.05) is 17.8 Å². The van der Waals surface area contributed by atoms with Gasteiger partial charge >= 0.3 is 0 Å². The van der Waals surface area contributed by atoms with E-state index in [1.165, 1.54) is 11.8 Å². The number of nitriles is 1. The fourth-order valence-electron chi connectivity index (χ4n) is 2.40. The molecule has 3 rings (SSSR count). The van der Waals surface area contributed by atoms with E-state index in [-0.39, 0.29) is 0 Å². The summed E-state index contributed by atoms with van der Waals surface area (Å²) in [7, 11) is 1.98. The maximum absolute atomic E-state index is 9.25. The average molecular weight is 312 g/mol. The van der Waals surface area contributed by atoms with Crippen LogP contribution in [0.2, 0.25) is 0 Å². The normalized spacial score (nSPS) is 14.3. The van der Waals surface area contributed by atoms with E-state index < -0.39 is 0 Å². The van der Waals surface area contributed by atoms with Gasteiger partial charge in [-0.2, -0.15) is 5.26 Å². The molecule has 0 radical (unpaired) electrons. The Bertz CT molecular complexity index is 693. The van der Waals surface area contributed by atoms with Gasteiger partial charge < -0.3 is 9.80 Å². The predicted octanol–water partition coefficient (Wildman–Crippen LogP) is 1.79. The lowest BCUT2D eigenvalue weighted by Gasteiger charge is -2.45. The van der Waals surface area contributed by atoms with Gasteiger partial charge in [-0.15, -0.1) is 0 Å². The Hall–Kier alpha value is -2.33. The molecule has 1 saturated heterocycles. The Balaban J connectivity index is 1.74. The highest BCUT2D eigenvalue weighted by Crippen LogP contribution is 2.26. The number of thioether (sulfide) groups is 1. The molecule has 2 aromatic rings. The van der Waals surface area contributed by atoms with E-state index in [4.69, 9.17) is 0 Å². The number of pyridine rings is 1. The first-order chi connectivity index (χ1) is 10.7. The van der Waals surface area contributed by atoms with E-state index in [9.17, 15) is 5.26 Å². The van der Waals surface area contributed by atoms with Gasteiger partial charge in [0.15, 0.2) is 11.0 Å². The third-order valence-corrected chi connectivity index (χ3v) is 4.33. The maximum Gasteiger partial charge on any atom is 0.189 e. The highest BCUT2D eigenvalue weighted by molar-refractivity contribution is 7.98. The Labute approximate surface area is 133 Å². The van der Waals surface area contributed by atoms with E-state index in [0.29, 0.717) is 22.6 Å². The summed E-state index contributed by atoms with van der Waals surface area (Å²) in [5.41, 5.74) is 0.511. The van der Waals surface area contributed by atoms with Crippen molar-refractivity contribution in [1.29, 1.82) is 5.26 Å². The van der Waals surface area contributed by atoms with Crippen LogP contribution in [-0.4, -0.2) is 47.4 Å². The van der Waals surface area contributed by atoms with Crippen LogP contribution in [0, 0.1) is 11.3 Å². The molecule has 1 aliphatic heterocycles. The zero-order valence-electron chi connectivity index (χ0n) is 12.5. The molecule has 2 aromatic heterocycles. The highest BCUT2D eigenvalue weighted by atomic mass is 32.2. The van der Waals surface area contributed by atoms with Gasteiger partial charge in [0, 0.05) is 26.3 Å². The topological polar surface area (TPSA) is 68.9 Å². The molecule has 0 spiro atoms. The van der Waals surface area contributed by atoms with Gasteiger partial charge in [-0.05, 0) is 18.4 Å². The van der Waals surface area contributed by atoms with Gasteiger partial charge in [-0.3, -0.25) is 0 Å². The van der Waals surface area contributed by atoms with Crippen molar-refractivity contribution in [3.05, 3.63) is 36.2 Å². The lowest BCUT2D eigenvalue weighted by molar-refractivity contribution is 0.488. The molecule has 1 fully saturated rings. The van der Waals surface area contributed by atoms with Crippen LogP contribution in [0.3, 0.4) is 0 Å². The summed E-state index contributed by atoms with van der Waals surface area (Å²) in [6.45, 7) is 1.74. The van der Waals surface area contributed by atoms with Crippen molar-refractivity contribution in [2.75, 3.05) is 36.2 Å². The number of likely N-dealkylation sites (N-methyl/N-ethyl adjacent to an activating group) is 1. The molecule has 0 N–H and O–H groups in total. The van der Waals surface area contributed by atoms with Crippen LogP contribution in [0.5, 0.6) is 0 Å². The summed E-state index contributed by atoms with van der Waals surface area (Å²) in [6, 6.07) is 8.40. The standard InChI is InChI=1S/C15H16N6S/c1-20(14-11(7-16)8-18-15(19-14)22-2)12-9-21(10-12)13-5-3-4-6-17-13/h3-6,8,12H,9-10H2,1-2H3. The first-order valence-electron chi connectivity index (χ1n) is 6.93. The molecule has 3 heterocycles. The molecule has 0 aliphatic carbocycles. The minimum atomic E-state index is 0.318. The molecule has 1 aliphatic rings. The van der Waals surface area contributed by atoms with E-state index in [0.717, 1.165) is 18.9 Å². The SMILES string of the molecule is CSc1ncc(C#N)c(N(C)C2CN(c3ccccn3)C2)n1. The van der Waals surface area contributed by atoms with Crippen molar-refractivity contribution in [2.24, 2.45) is 0 Å². The summed E-state index contributed by atoms with van der Waals surface area (Å²) in [6.07, 6.45) is 5.33. The van der Waals surface area contributed by atoms with Crippen molar-refractivity contribution < 1.29 is 0 Å². The van der Waals surface area contributed by atoms with Gasteiger partial charge in [-0.25, -0.2) is 15.0 Å². The van der Waals surface area contributed by atoms with Crippen molar-refractivity contribution in [1.82, 2.24) is 15.0 Å². The van der Waals surface area contributed by atoms with Gasteiger partial charge in [0.2, 0.25) is 0 Å². The Morgan fingerprint density at radius 1 is 1.36 bits per heavy atom. The van der Waals surface area contributed by atoms with Gasteiger partial charge in [0.25, 0.3) is 0 Å². The first-order valence-corrected chi connectivity index (χ1v) is 8.15. The second-order valence-electron chi connectivity index (χ2n) is 5.06. The minimum Gasteiger partial charge on any atom is -0.352 e. The molecular weight excluding hydrogens is 296 g/mol. The summed E-state index contributed by atoms with van der Waals surface area (Å²) in [5.74, 6) is 1.69. The molecule has 0 saturated carbocycles. The van der Waals surface area contributed by atoms with Crippen molar-refractivity contribution in [2.45, 2.75) is 11.2 Å². The third kappa shape index (κ3) is 2.70. The number of anilines is 2. The molecule has 0 atom stereocenters. The number of rotatable bonds is 4. The van der Waals surface area contributed by atoms with Crippen LogP contribution >= 0.6 is 11.8 Å². The van der Waals surface area contributed by atoms with Gasteiger partial charge in [0.1, 0.15) is 17.5 Å². The summed E-state index contributed by atoms with van der Waals surface area (Å²) < 4.78 is 0. The number of hydrogen-bond donors (Lipinski definition) is 0. The average Bonchev–Trinajstić information content (AvgIpc) is 2.53. The van der Waals surface area contributed by atoms with Gasteiger partial charge in [0.05, 0.1) is 12.2 Å². The zero-order chi connectivity index (χ0) is 15.5. The first kappa shape index (κ1) is 14.6. The highest BCUT2D eigenvalue weighted by Gasteiger charge is 2.32. The van der Waals surface area contributed by atoms with Crippen LogP contribution in [0.1, 0.15) is 5.56 Å². The van der Waals surface area contributed by atoms with Crippen LogP contribution in [0.25, 0.3) is 0 Å². The molecule has 0 unspecified atom stereocenters. The Morgan fingerprint density at radius 2 is 2.18 bits per heavy atom. The van der Waals surface area contributed by atoms with E-state index in [1.807, 2.05) is 31.5 Å². The lowest BCUT2D eigenvalue weighted by atomic mass is 10.1. The molecule has 112 valence electrons. The number of nitrogens with zero attached hydrogens (tertiary/aromatic N) is 6. The van der Waals surface area contributed by atoms with Crippen molar-refractivity contribution >= 4 is 23.4 Å². The number of aromatic nitrogens is 3. The second-order valence-corrected chi connectivity index (χ2v) is 5.84. The largest absolute Gasteiger partial charge is 0.352 e. The molecule has 7 heteroatoms. The molecule has 22 heavy (non-hydrogen) atoms. The van der Waals surface area contributed by atoms with E-state index >= 15 is 0 Å². The summed E-state index contributed by atoms with van der Waals surface area (Å²) in [4.78, 5) is 17.3. The van der Waals surface area contributed by atoms with E-state index in [1.54, 1.807) is 12.4 Å². The molecule has 0 bridgehead atoms. The van der Waals surface area contributed by atoms with Crippen LogP contribution in [-0.2, 0) is 0 Å². The smallest absolute Gasteiger partial charge is 0.189 e. The van der Waals surface area contributed by atoms with Crippen molar-refractivity contribution in [3.63, 3.8) is 0 Å². The van der Waals surface area contributed by atoms with E-state index in [2.05, 4.69) is 30.8 Å². The maximum atomic E-state index is 9.25. The molecule has 0 amide bonds. The van der Waals surface area contributed by atoms with Crippen LogP contribution in [0.4, 0.5) is 11.6 Å². The van der Waals surface area contributed by atoms with Crippen LogP contribution < -0.4 is 9.80 Å². The summed E-state index contributed by atoms with van der Waals surface area (Å²) >= 11 is 1.48. The molecular formula is C15H16N6S. The molecule has 0 aromatic carbocycles. The minimum absolute atomic E-state index is 0.318. The molecule has 6 nitrogen and oxygen atoms in total. The third-order valence-electron chi connectivity index (χ3n) is 3.77. The number of hydrogen-bond acceptors (Lipinski definition) is 7. The fraction of sp³-hybridized carbons (Fsp3) is 0.333. The predicted molar refractivity (Wildman–Crippen MR) is 87.2 cm³/mol. The monoisotopic (exact) mass is 312 g/mol. The fourth-order valence-corrected chi connectivity index (χ4v) is 2.74. The Morgan fingerprint density at radius 3 is 2.82 bits per heavy atom. The van der Waals surface area contributed by atoms with Crippen LogP contribution in [0.15, 0.2) is 35.7 Å². The zero-order valence-corrected chi connectivity index (χ0v) is 13.3. The lowest BCUT2D eigenvalue weighted by Crippen LogP contribution is -2.59. The van der Waals surface area contributed by atoms with Crippen molar-refractivity contribution in [3.8, 4) is 6.07 Å². The second kappa shape index (κ2) is 6.20. The Kier molecular flexibility index (Phi) is 4.11.